The van der Waals surface area contributed by atoms with Crippen LogP contribution in [0, 0.1) is 0 Å². The third-order valence-corrected chi connectivity index (χ3v) is 8.63. The molecule has 5 nitrogen and oxygen atoms in total. The Morgan fingerprint density at radius 1 is 0.970 bits per heavy atom. The van der Waals surface area contributed by atoms with E-state index in [2.05, 4.69) is 16.0 Å². The minimum absolute atomic E-state index is 0.0350. The van der Waals surface area contributed by atoms with E-state index in [0.29, 0.717) is 12.2 Å². The maximum Gasteiger partial charge on any atom is 0.264 e. The Bertz CT molecular complexity index is 1230. The Labute approximate surface area is 192 Å². The molecule has 33 heavy (non-hydrogen) atoms. The molecule has 3 aromatic rings. The van der Waals surface area contributed by atoms with E-state index in [1.807, 2.05) is 36.5 Å². The molecule has 1 aromatic heterocycles. The number of likely N-dealkylation sites (tertiary alicyclic amines) is 1. The van der Waals surface area contributed by atoms with Crippen LogP contribution in [0.2, 0.25) is 0 Å². The number of alkyl halides is 2. The third-order valence-electron chi connectivity index (χ3n) is 6.85. The highest BCUT2D eigenvalue weighted by Gasteiger charge is 2.48. The van der Waals surface area contributed by atoms with Crippen molar-refractivity contribution in [1.29, 1.82) is 0 Å². The average Bonchev–Trinajstić information content (AvgIpc) is 3.16. The predicted octanol–water partition coefficient (Wildman–Crippen LogP) is 4.76. The van der Waals surface area contributed by atoms with E-state index < -0.39 is 16.4 Å². The molecule has 3 heterocycles. The van der Waals surface area contributed by atoms with E-state index in [4.69, 9.17) is 0 Å². The Balaban J connectivity index is 1.40. The molecule has 8 heteroatoms. The summed E-state index contributed by atoms with van der Waals surface area (Å²) in [6.45, 7) is 2.91. The number of hydrogen-bond donors (Lipinski definition) is 0. The summed E-state index contributed by atoms with van der Waals surface area (Å²) in [5, 5.41) is 0. The number of rotatable bonds is 5. The van der Waals surface area contributed by atoms with Gasteiger partial charge in [-0.25, -0.2) is 17.2 Å². The molecule has 1 spiro atoms. The van der Waals surface area contributed by atoms with Gasteiger partial charge in [0.1, 0.15) is 0 Å². The lowest BCUT2D eigenvalue weighted by Gasteiger charge is -2.40. The molecule has 0 radical (unpaired) electrons. The molecule has 0 saturated carbocycles. The summed E-state index contributed by atoms with van der Waals surface area (Å²) in [5.74, 6) is 0. The number of halogens is 2. The summed E-state index contributed by atoms with van der Waals surface area (Å²) in [5.41, 5.74) is 2.47. The monoisotopic (exact) mass is 469 g/mol. The average molecular weight is 470 g/mol. The summed E-state index contributed by atoms with van der Waals surface area (Å²) in [4.78, 5) is 6.61. The Hall–Kier alpha value is -2.84. The van der Waals surface area contributed by atoms with E-state index >= 15 is 0 Å². The quantitative estimate of drug-likeness (QED) is 0.541. The van der Waals surface area contributed by atoms with Crippen molar-refractivity contribution in [2.75, 3.05) is 23.9 Å². The summed E-state index contributed by atoms with van der Waals surface area (Å²) < 4.78 is 54.4. The van der Waals surface area contributed by atoms with Crippen molar-refractivity contribution in [3.05, 3.63) is 89.7 Å². The number of pyridine rings is 1. The molecule has 0 atom stereocenters. The van der Waals surface area contributed by atoms with Crippen molar-refractivity contribution in [3.8, 4) is 0 Å². The molecule has 5 rings (SSSR count). The lowest BCUT2D eigenvalue weighted by molar-refractivity contribution is 0.151. The first-order chi connectivity index (χ1) is 15.9. The molecule has 2 aliphatic heterocycles. The van der Waals surface area contributed by atoms with E-state index in [1.165, 1.54) is 28.6 Å². The lowest BCUT2D eigenvalue weighted by Crippen LogP contribution is -2.45. The number of fused-ring (bicyclic) bond motifs is 2. The zero-order chi connectivity index (χ0) is 23.1. The zero-order valence-corrected chi connectivity index (χ0v) is 18.9. The standard InChI is InChI=1S/C25H25F2N3O2S/c26-24(27)20-7-9-21(10-8-20)33(31,32)30-18-25(22-5-1-2-6-23(22)30)11-14-29(15-12-25)17-19-4-3-13-28-16-19/h1-10,13,16,24H,11-12,14-15,17-18H2. The van der Waals surface area contributed by atoms with Gasteiger partial charge >= 0.3 is 0 Å². The molecule has 0 N–H and O–H groups in total. The van der Waals surface area contributed by atoms with Crippen molar-refractivity contribution >= 4 is 15.7 Å². The fourth-order valence-electron chi connectivity index (χ4n) is 5.03. The molecule has 2 aliphatic rings. The number of piperidine rings is 1. The molecular formula is C25H25F2N3O2S. The molecule has 0 amide bonds. The highest BCUT2D eigenvalue weighted by atomic mass is 32.2. The van der Waals surface area contributed by atoms with Crippen LogP contribution in [0.15, 0.2) is 78.0 Å². The van der Waals surface area contributed by atoms with Crippen LogP contribution in [0.25, 0.3) is 0 Å². The molecule has 0 aliphatic carbocycles. The van der Waals surface area contributed by atoms with Crippen LogP contribution in [0.5, 0.6) is 0 Å². The van der Waals surface area contributed by atoms with Gasteiger partial charge in [0.25, 0.3) is 16.4 Å². The van der Waals surface area contributed by atoms with Gasteiger partial charge in [0.2, 0.25) is 0 Å². The SMILES string of the molecule is O=S(=O)(c1ccc(C(F)F)cc1)N1CC2(CCN(Cc3cccnc3)CC2)c2ccccc21. The summed E-state index contributed by atoms with van der Waals surface area (Å²) in [6.07, 6.45) is 2.71. The molecule has 2 aromatic carbocycles. The smallest absolute Gasteiger partial charge is 0.264 e. The molecule has 1 saturated heterocycles. The number of para-hydroxylation sites is 1. The van der Waals surface area contributed by atoms with Crippen LogP contribution in [-0.4, -0.2) is 37.9 Å². The van der Waals surface area contributed by atoms with Gasteiger partial charge in [0.05, 0.1) is 10.6 Å². The molecule has 1 fully saturated rings. The van der Waals surface area contributed by atoms with E-state index in [1.54, 1.807) is 6.20 Å². The van der Waals surface area contributed by atoms with Crippen molar-refractivity contribution in [1.82, 2.24) is 9.88 Å². The number of hydrogen-bond acceptors (Lipinski definition) is 4. The van der Waals surface area contributed by atoms with E-state index in [0.717, 1.165) is 43.6 Å². The van der Waals surface area contributed by atoms with Crippen LogP contribution >= 0.6 is 0 Å². The number of anilines is 1. The third kappa shape index (κ3) is 4.02. The van der Waals surface area contributed by atoms with Gasteiger partial charge in [-0.15, -0.1) is 0 Å². The first-order valence-electron chi connectivity index (χ1n) is 11.0. The highest BCUT2D eigenvalue weighted by molar-refractivity contribution is 7.92. The number of aromatic nitrogens is 1. The number of benzene rings is 2. The first-order valence-corrected chi connectivity index (χ1v) is 12.4. The minimum Gasteiger partial charge on any atom is -0.299 e. The van der Waals surface area contributed by atoms with Gasteiger partial charge in [0, 0.05) is 36.5 Å². The normalized spacial score (nSPS) is 18.1. The van der Waals surface area contributed by atoms with Gasteiger partial charge in [0.15, 0.2) is 0 Å². The Morgan fingerprint density at radius 3 is 2.36 bits per heavy atom. The number of nitrogens with zero attached hydrogens (tertiary/aromatic N) is 3. The van der Waals surface area contributed by atoms with Gasteiger partial charge in [-0.2, -0.15) is 0 Å². The van der Waals surface area contributed by atoms with Crippen molar-refractivity contribution in [3.63, 3.8) is 0 Å². The summed E-state index contributed by atoms with van der Waals surface area (Å²) >= 11 is 0. The second-order valence-electron chi connectivity index (χ2n) is 8.82. The summed E-state index contributed by atoms with van der Waals surface area (Å²) in [6, 6.07) is 16.6. The Kier molecular flexibility index (Phi) is 5.66. The maximum atomic E-state index is 13.5. The van der Waals surface area contributed by atoms with Gasteiger partial charge < -0.3 is 0 Å². The van der Waals surface area contributed by atoms with E-state index in [9.17, 15) is 17.2 Å². The van der Waals surface area contributed by atoms with Gasteiger partial charge in [-0.1, -0.05) is 36.4 Å². The maximum absolute atomic E-state index is 13.5. The van der Waals surface area contributed by atoms with Crippen molar-refractivity contribution in [2.45, 2.75) is 36.1 Å². The van der Waals surface area contributed by atoms with Crippen LogP contribution in [0.3, 0.4) is 0 Å². The fourth-order valence-corrected chi connectivity index (χ4v) is 6.60. The topological polar surface area (TPSA) is 53.5 Å². The van der Waals surface area contributed by atoms with Gasteiger partial charge in [-0.05, 0) is 61.3 Å². The van der Waals surface area contributed by atoms with Crippen molar-refractivity contribution < 1.29 is 17.2 Å². The van der Waals surface area contributed by atoms with Crippen LogP contribution in [0.4, 0.5) is 14.5 Å². The zero-order valence-electron chi connectivity index (χ0n) is 18.1. The lowest BCUT2D eigenvalue weighted by atomic mass is 9.74. The fraction of sp³-hybridized carbons (Fsp3) is 0.320. The molecule has 0 bridgehead atoms. The van der Waals surface area contributed by atoms with Gasteiger partial charge in [-0.3, -0.25) is 14.2 Å². The minimum atomic E-state index is -3.87. The largest absolute Gasteiger partial charge is 0.299 e. The van der Waals surface area contributed by atoms with Crippen LogP contribution in [0.1, 0.15) is 36.0 Å². The molecular weight excluding hydrogens is 444 g/mol. The second kappa shape index (κ2) is 8.50. The van der Waals surface area contributed by atoms with Crippen molar-refractivity contribution in [2.24, 2.45) is 0 Å². The van der Waals surface area contributed by atoms with Crippen LogP contribution < -0.4 is 4.31 Å². The molecule has 0 unspecified atom stereocenters. The Morgan fingerprint density at radius 2 is 1.70 bits per heavy atom. The van der Waals surface area contributed by atoms with Crippen LogP contribution in [-0.2, 0) is 22.0 Å². The van der Waals surface area contributed by atoms with E-state index in [-0.39, 0.29) is 15.9 Å². The molecule has 172 valence electrons. The highest BCUT2D eigenvalue weighted by Crippen LogP contribution is 2.48. The second-order valence-corrected chi connectivity index (χ2v) is 10.7. The summed E-state index contributed by atoms with van der Waals surface area (Å²) in [7, 11) is -3.87. The number of sulfonamides is 1. The predicted molar refractivity (Wildman–Crippen MR) is 123 cm³/mol. The first kappa shape index (κ1) is 22.0.